The highest BCUT2D eigenvalue weighted by molar-refractivity contribution is 6.04. The first kappa shape index (κ1) is 12.2. The summed E-state index contributed by atoms with van der Waals surface area (Å²) in [5.41, 5.74) is 2.25. The molecule has 0 spiro atoms. The summed E-state index contributed by atoms with van der Waals surface area (Å²) in [6, 6.07) is 5.94. The molecule has 1 N–H and O–H groups in total. The molecule has 1 fully saturated rings. The standard InChI is InChI=1S/C14H15NO4/c16-11-8-13(17)15(14(11)18)5-3-9-1-2-12-10(7-9)4-6-19-12/h1-2,7,11,16H,3-6,8H2. The van der Waals surface area contributed by atoms with Crippen LogP contribution in [0.25, 0.3) is 0 Å². The van der Waals surface area contributed by atoms with Crippen LogP contribution in [-0.2, 0) is 22.4 Å². The van der Waals surface area contributed by atoms with E-state index in [0.29, 0.717) is 19.6 Å². The van der Waals surface area contributed by atoms with Crippen molar-refractivity contribution < 1.29 is 19.4 Å². The third-order valence-electron chi connectivity index (χ3n) is 3.60. The number of hydrogen-bond acceptors (Lipinski definition) is 4. The minimum absolute atomic E-state index is 0.0864. The maximum Gasteiger partial charge on any atom is 0.258 e. The van der Waals surface area contributed by atoms with Crippen LogP contribution in [0.1, 0.15) is 17.5 Å². The van der Waals surface area contributed by atoms with Gasteiger partial charge in [-0.1, -0.05) is 12.1 Å². The van der Waals surface area contributed by atoms with Gasteiger partial charge < -0.3 is 9.84 Å². The molecule has 0 aliphatic carbocycles. The second-order valence-electron chi connectivity index (χ2n) is 4.89. The summed E-state index contributed by atoms with van der Waals surface area (Å²) < 4.78 is 5.43. The Bertz CT molecular complexity index is 540. The van der Waals surface area contributed by atoms with Gasteiger partial charge in [-0.15, -0.1) is 0 Å². The van der Waals surface area contributed by atoms with Gasteiger partial charge >= 0.3 is 0 Å². The lowest BCUT2D eigenvalue weighted by atomic mass is 10.1. The molecule has 2 amide bonds. The summed E-state index contributed by atoms with van der Waals surface area (Å²) in [6.07, 6.45) is 0.276. The van der Waals surface area contributed by atoms with Gasteiger partial charge in [0, 0.05) is 13.0 Å². The molecule has 0 bridgehead atoms. The van der Waals surface area contributed by atoms with E-state index in [2.05, 4.69) is 6.07 Å². The van der Waals surface area contributed by atoms with Crippen LogP contribution in [0.5, 0.6) is 5.75 Å². The van der Waals surface area contributed by atoms with Gasteiger partial charge in [-0.3, -0.25) is 14.5 Å². The van der Waals surface area contributed by atoms with E-state index in [1.54, 1.807) is 0 Å². The number of amides is 2. The van der Waals surface area contributed by atoms with Gasteiger partial charge in [0.05, 0.1) is 13.0 Å². The number of rotatable bonds is 3. The van der Waals surface area contributed by atoms with E-state index >= 15 is 0 Å². The highest BCUT2D eigenvalue weighted by Crippen LogP contribution is 2.26. The van der Waals surface area contributed by atoms with Crippen molar-refractivity contribution in [1.29, 1.82) is 0 Å². The minimum atomic E-state index is -1.15. The van der Waals surface area contributed by atoms with Crippen LogP contribution in [-0.4, -0.2) is 41.1 Å². The monoisotopic (exact) mass is 261 g/mol. The van der Waals surface area contributed by atoms with Gasteiger partial charge in [0.15, 0.2) is 0 Å². The number of likely N-dealkylation sites (tertiary alicyclic amines) is 1. The summed E-state index contributed by atoms with van der Waals surface area (Å²) >= 11 is 0. The van der Waals surface area contributed by atoms with Crippen LogP contribution in [0.15, 0.2) is 18.2 Å². The molecule has 100 valence electrons. The molecule has 1 aromatic rings. The lowest BCUT2D eigenvalue weighted by molar-refractivity contribution is -0.140. The number of aliphatic hydroxyl groups is 1. The predicted octanol–water partition coefficient (Wildman–Crippen LogP) is 0.284. The Labute approximate surface area is 110 Å². The molecule has 2 heterocycles. The average molecular weight is 261 g/mol. The molecule has 5 nitrogen and oxygen atoms in total. The topological polar surface area (TPSA) is 66.8 Å². The van der Waals surface area contributed by atoms with E-state index in [-0.39, 0.29) is 12.3 Å². The maximum atomic E-state index is 11.6. The van der Waals surface area contributed by atoms with Crippen molar-refractivity contribution in [3.05, 3.63) is 29.3 Å². The summed E-state index contributed by atoms with van der Waals surface area (Å²) in [4.78, 5) is 24.2. The fourth-order valence-electron chi connectivity index (χ4n) is 2.54. The van der Waals surface area contributed by atoms with Gasteiger partial charge in [0.2, 0.25) is 5.91 Å². The third kappa shape index (κ3) is 2.21. The number of fused-ring (bicyclic) bond motifs is 1. The smallest absolute Gasteiger partial charge is 0.258 e. The molecule has 1 unspecified atom stereocenters. The highest BCUT2D eigenvalue weighted by Gasteiger charge is 2.36. The van der Waals surface area contributed by atoms with E-state index in [0.717, 1.165) is 22.6 Å². The van der Waals surface area contributed by atoms with Crippen LogP contribution in [0.4, 0.5) is 0 Å². The summed E-state index contributed by atoms with van der Waals surface area (Å²) in [7, 11) is 0. The van der Waals surface area contributed by atoms with Crippen LogP contribution in [0.3, 0.4) is 0 Å². The molecular formula is C14H15NO4. The van der Waals surface area contributed by atoms with E-state index in [9.17, 15) is 14.7 Å². The van der Waals surface area contributed by atoms with Gasteiger partial charge in [0.25, 0.3) is 5.91 Å². The molecule has 0 radical (unpaired) electrons. The Morgan fingerprint density at radius 3 is 2.95 bits per heavy atom. The van der Waals surface area contributed by atoms with Crippen molar-refractivity contribution in [2.45, 2.75) is 25.4 Å². The van der Waals surface area contributed by atoms with Crippen molar-refractivity contribution >= 4 is 11.8 Å². The number of carbonyl (C=O) groups excluding carboxylic acids is 2. The number of ether oxygens (including phenoxy) is 1. The van der Waals surface area contributed by atoms with Crippen LogP contribution < -0.4 is 4.74 Å². The average Bonchev–Trinajstić information content (AvgIpc) is 2.94. The highest BCUT2D eigenvalue weighted by atomic mass is 16.5. The number of benzene rings is 1. The van der Waals surface area contributed by atoms with E-state index in [1.807, 2.05) is 12.1 Å². The van der Waals surface area contributed by atoms with Gasteiger partial charge in [-0.2, -0.15) is 0 Å². The molecule has 0 aromatic heterocycles. The zero-order valence-electron chi connectivity index (χ0n) is 10.5. The Morgan fingerprint density at radius 2 is 2.21 bits per heavy atom. The Morgan fingerprint density at radius 1 is 1.37 bits per heavy atom. The first-order chi connectivity index (χ1) is 9.15. The van der Waals surface area contributed by atoms with Gasteiger partial charge in [-0.05, 0) is 23.6 Å². The van der Waals surface area contributed by atoms with Crippen molar-refractivity contribution in [1.82, 2.24) is 4.90 Å². The number of aliphatic hydroxyl groups excluding tert-OH is 1. The fraction of sp³-hybridized carbons (Fsp3) is 0.429. The third-order valence-corrected chi connectivity index (χ3v) is 3.60. The number of hydrogen-bond donors (Lipinski definition) is 1. The zero-order chi connectivity index (χ0) is 13.4. The largest absolute Gasteiger partial charge is 0.493 e. The molecule has 1 aromatic carbocycles. The van der Waals surface area contributed by atoms with Gasteiger partial charge in [0.1, 0.15) is 11.9 Å². The van der Waals surface area contributed by atoms with Gasteiger partial charge in [-0.25, -0.2) is 0 Å². The second-order valence-corrected chi connectivity index (χ2v) is 4.89. The van der Waals surface area contributed by atoms with Crippen LogP contribution in [0, 0.1) is 0 Å². The van der Waals surface area contributed by atoms with Crippen molar-refractivity contribution in [2.75, 3.05) is 13.2 Å². The molecule has 19 heavy (non-hydrogen) atoms. The first-order valence-corrected chi connectivity index (χ1v) is 6.42. The zero-order valence-corrected chi connectivity index (χ0v) is 10.5. The summed E-state index contributed by atoms with van der Waals surface area (Å²) in [5.74, 6) is 0.156. The predicted molar refractivity (Wildman–Crippen MR) is 66.7 cm³/mol. The molecule has 1 atom stereocenters. The molecule has 0 saturated carbocycles. The van der Waals surface area contributed by atoms with Crippen molar-refractivity contribution in [3.63, 3.8) is 0 Å². The molecule has 3 rings (SSSR count). The molecule has 1 saturated heterocycles. The quantitative estimate of drug-likeness (QED) is 0.794. The van der Waals surface area contributed by atoms with Crippen LogP contribution in [0.2, 0.25) is 0 Å². The minimum Gasteiger partial charge on any atom is -0.493 e. The van der Waals surface area contributed by atoms with E-state index < -0.39 is 12.0 Å². The van der Waals surface area contributed by atoms with Crippen LogP contribution >= 0.6 is 0 Å². The lowest BCUT2D eigenvalue weighted by Crippen LogP contribution is -2.33. The Kier molecular flexibility index (Phi) is 2.98. The summed E-state index contributed by atoms with van der Waals surface area (Å²) in [5, 5.41) is 9.33. The number of nitrogens with zero attached hydrogens (tertiary/aromatic N) is 1. The normalized spacial score (nSPS) is 21.7. The maximum absolute atomic E-state index is 11.6. The molecule has 5 heteroatoms. The number of imide groups is 1. The van der Waals surface area contributed by atoms with Crippen molar-refractivity contribution in [2.24, 2.45) is 0 Å². The number of carbonyl (C=O) groups is 2. The lowest BCUT2D eigenvalue weighted by Gasteiger charge is -2.14. The van der Waals surface area contributed by atoms with E-state index in [1.165, 1.54) is 5.56 Å². The fourth-order valence-corrected chi connectivity index (χ4v) is 2.54. The second kappa shape index (κ2) is 4.66. The van der Waals surface area contributed by atoms with E-state index in [4.69, 9.17) is 4.74 Å². The van der Waals surface area contributed by atoms with Crippen molar-refractivity contribution in [3.8, 4) is 5.75 Å². The Balaban J connectivity index is 1.66. The SMILES string of the molecule is O=C1CC(O)C(=O)N1CCc1ccc2c(c1)CCO2. The first-order valence-electron chi connectivity index (χ1n) is 6.42. The molecule has 2 aliphatic heterocycles. The molecular weight excluding hydrogens is 246 g/mol. The Hall–Kier alpha value is -1.88. The summed E-state index contributed by atoms with van der Waals surface area (Å²) in [6.45, 7) is 1.04. The molecule has 2 aliphatic rings.